The molecule has 5 unspecified atom stereocenters. The number of halogens is 3. The van der Waals surface area contributed by atoms with Crippen LogP contribution in [0.25, 0.3) is 0 Å². The first-order valence-corrected chi connectivity index (χ1v) is 4.43. The van der Waals surface area contributed by atoms with Gasteiger partial charge in [0.25, 0.3) is 5.85 Å². The summed E-state index contributed by atoms with van der Waals surface area (Å²) in [6.07, 6.45) is 4.07. The first kappa shape index (κ1) is 7.85. The molecule has 0 aliphatic heterocycles. The molecule has 0 amide bonds. The van der Waals surface area contributed by atoms with Crippen molar-refractivity contribution >= 4 is 0 Å². The van der Waals surface area contributed by atoms with Crippen LogP contribution in [0, 0.1) is 23.7 Å². The zero-order valence-corrected chi connectivity index (χ0v) is 6.75. The number of hydrogen-bond donors (Lipinski definition) is 1. The molecule has 4 heteroatoms. The molecule has 0 saturated heterocycles. The molecule has 3 rings (SSSR count). The summed E-state index contributed by atoms with van der Waals surface area (Å²) >= 11 is 0. The van der Waals surface area contributed by atoms with Gasteiger partial charge < -0.3 is 5.11 Å². The number of fused-ring (bicyclic) bond motifs is 5. The second-order valence-corrected chi connectivity index (χ2v) is 4.30. The summed E-state index contributed by atoms with van der Waals surface area (Å²) in [7, 11) is 0. The van der Waals surface area contributed by atoms with Gasteiger partial charge in [0.15, 0.2) is 0 Å². The Kier molecular flexibility index (Phi) is 1.09. The van der Waals surface area contributed by atoms with Gasteiger partial charge in [0.05, 0.1) is 0 Å². The van der Waals surface area contributed by atoms with E-state index < -0.39 is 23.6 Å². The molecule has 5 atom stereocenters. The van der Waals surface area contributed by atoms with E-state index in [0.717, 1.165) is 0 Å². The molecule has 3 aliphatic rings. The van der Waals surface area contributed by atoms with Crippen molar-refractivity contribution in [2.75, 3.05) is 0 Å². The Bertz CT molecular complexity index is 269. The molecule has 1 nitrogen and oxygen atoms in total. The van der Waals surface area contributed by atoms with E-state index in [9.17, 15) is 13.2 Å². The maximum atomic E-state index is 13.2. The maximum Gasteiger partial charge on any atom is 0.309 e. The molecule has 0 radical (unpaired) electrons. The highest BCUT2D eigenvalue weighted by Crippen LogP contribution is 2.69. The summed E-state index contributed by atoms with van der Waals surface area (Å²) in [6.45, 7) is 0. The van der Waals surface area contributed by atoms with Crippen LogP contribution < -0.4 is 0 Å². The van der Waals surface area contributed by atoms with Crippen LogP contribution in [0.3, 0.4) is 0 Å². The fourth-order valence-electron chi connectivity index (χ4n) is 3.20. The summed E-state index contributed by atoms with van der Waals surface area (Å²) in [5.74, 6) is -9.02. The van der Waals surface area contributed by atoms with E-state index in [1.807, 2.05) is 0 Å². The smallest absolute Gasteiger partial charge is 0.309 e. The second-order valence-electron chi connectivity index (χ2n) is 4.30. The van der Waals surface area contributed by atoms with Gasteiger partial charge in [-0.3, -0.25) is 0 Å². The van der Waals surface area contributed by atoms with Crippen LogP contribution in [0.15, 0.2) is 12.2 Å². The molecule has 0 aromatic heterocycles. The van der Waals surface area contributed by atoms with Crippen LogP contribution >= 0.6 is 0 Å². The van der Waals surface area contributed by atoms with Gasteiger partial charge in [-0.15, -0.1) is 0 Å². The monoisotopic (exact) mass is 190 g/mol. The van der Waals surface area contributed by atoms with E-state index >= 15 is 0 Å². The van der Waals surface area contributed by atoms with Gasteiger partial charge in [-0.1, -0.05) is 12.2 Å². The predicted octanol–water partition coefficient (Wildman–Crippen LogP) is 1.73. The summed E-state index contributed by atoms with van der Waals surface area (Å²) in [4.78, 5) is 0. The second kappa shape index (κ2) is 1.80. The number of alkyl halides is 3. The first-order valence-electron chi connectivity index (χ1n) is 4.43. The normalized spacial score (nSPS) is 60.6. The molecule has 1 N–H and O–H groups in total. The molecular weight excluding hydrogens is 181 g/mol. The van der Waals surface area contributed by atoms with Crippen molar-refractivity contribution in [3.05, 3.63) is 12.2 Å². The van der Waals surface area contributed by atoms with Crippen LogP contribution in [0.4, 0.5) is 13.2 Å². The van der Waals surface area contributed by atoms with Crippen LogP contribution in [0.1, 0.15) is 6.42 Å². The van der Waals surface area contributed by atoms with Gasteiger partial charge in [-0.25, -0.2) is 4.39 Å². The van der Waals surface area contributed by atoms with E-state index in [4.69, 9.17) is 5.11 Å². The topological polar surface area (TPSA) is 20.2 Å². The third kappa shape index (κ3) is 0.601. The molecule has 0 aromatic carbocycles. The van der Waals surface area contributed by atoms with Crippen molar-refractivity contribution in [1.29, 1.82) is 0 Å². The molecular formula is C9H9F3O. The van der Waals surface area contributed by atoms with Crippen molar-refractivity contribution in [2.45, 2.75) is 18.2 Å². The lowest BCUT2D eigenvalue weighted by atomic mass is 9.61. The predicted molar refractivity (Wildman–Crippen MR) is 38.7 cm³/mol. The van der Waals surface area contributed by atoms with Crippen molar-refractivity contribution in [1.82, 2.24) is 0 Å². The van der Waals surface area contributed by atoms with E-state index in [2.05, 4.69) is 0 Å². The van der Waals surface area contributed by atoms with Crippen molar-refractivity contribution in [3.63, 3.8) is 0 Å². The van der Waals surface area contributed by atoms with Gasteiger partial charge in [-0.05, 0) is 18.3 Å². The minimum absolute atomic E-state index is 0.176. The standard InChI is InChI=1S/C9H9F3O/c10-8(11)6-4-1-2-5(3-4)7(6)9(8,12)13/h1-2,4-7,13H,3H2. The van der Waals surface area contributed by atoms with Crippen LogP contribution in [-0.4, -0.2) is 16.9 Å². The highest BCUT2D eigenvalue weighted by atomic mass is 19.3. The lowest BCUT2D eigenvalue weighted by Crippen LogP contribution is -2.69. The Morgan fingerprint density at radius 1 is 1.08 bits per heavy atom. The molecule has 72 valence electrons. The quantitative estimate of drug-likeness (QED) is 0.577. The Labute approximate surface area is 73.2 Å². The molecule has 0 aromatic rings. The molecule has 13 heavy (non-hydrogen) atoms. The number of allylic oxidation sites excluding steroid dienone is 2. The molecule has 2 saturated carbocycles. The Morgan fingerprint density at radius 2 is 1.62 bits per heavy atom. The minimum atomic E-state index is -3.54. The van der Waals surface area contributed by atoms with E-state index in [1.165, 1.54) is 0 Å². The SMILES string of the molecule is OC1(F)C2C3C=CC(C3)C2C1(F)F. The molecule has 3 aliphatic carbocycles. The number of aliphatic hydroxyl groups is 1. The van der Waals surface area contributed by atoms with Crippen LogP contribution in [-0.2, 0) is 0 Å². The van der Waals surface area contributed by atoms with Crippen LogP contribution in [0.5, 0.6) is 0 Å². The highest BCUT2D eigenvalue weighted by Gasteiger charge is 2.81. The lowest BCUT2D eigenvalue weighted by molar-refractivity contribution is -0.387. The zero-order valence-electron chi connectivity index (χ0n) is 6.75. The number of hydrogen-bond acceptors (Lipinski definition) is 1. The molecule has 0 spiro atoms. The minimum Gasteiger partial charge on any atom is -0.357 e. The maximum absolute atomic E-state index is 13.2. The summed E-state index contributed by atoms with van der Waals surface area (Å²) < 4.78 is 39.3. The zero-order chi connectivity index (χ0) is 9.43. The summed E-state index contributed by atoms with van der Waals surface area (Å²) in [5, 5.41) is 8.98. The van der Waals surface area contributed by atoms with Crippen molar-refractivity contribution in [3.8, 4) is 0 Å². The average Bonchev–Trinajstić information content (AvgIpc) is 2.60. The summed E-state index contributed by atoms with van der Waals surface area (Å²) in [6, 6.07) is 0. The average molecular weight is 190 g/mol. The van der Waals surface area contributed by atoms with Gasteiger partial charge in [0.2, 0.25) is 0 Å². The molecule has 2 fully saturated rings. The van der Waals surface area contributed by atoms with Crippen molar-refractivity contribution in [2.24, 2.45) is 23.7 Å². The van der Waals surface area contributed by atoms with E-state index in [0.29, 0.717) is 6.42 Å². The fraction of sp³-hybridized carbons (Fsp3) is 0.778. The van der Waals surface area contributed by atoms with Gasteiger partial charge in [0.1, 0.15) is 0 Å². The van der Waals surface area contributed by atoms with Crippen LogP contribution in [0.2, 0.25) is 0 Å². The Hall–Kier alpha value is -0.510. The van der Waals surface area contributed by atoms with E-state index in [-0.39, 0.29) is 11.8 Å². The van der Waals surface area contributed by atoms with Gasteiger partial charge in [-0.2, -0.15) is 8.78 Å². The van der Waals surface area contributed by atoms with E-state index in [1.54, 1.807) is 12.2 Å². The number of rotatable bonds is 0. The fourth-order valence-corrected chi connectivity index (χ4v) is 3.20. The third-order valence-corrected chi connectivity index (χ3v) is 3.79. The largest absolute Gasteiger partial charge is 0.357 e. The third-order valence-electron chi connectivity index (χ3n) is 3.79. The highest BCUT2D eigenvalue weighted by molar-refractivity contribution is 5.27. The van der Waals surface area contributed by atoms with Gasteiger partial charge in [0, 0.05) is 11.8 Å². The Morgan fingerprint density at radius 3 is 2.15 bits per heavy atom. The molecule has 0 heterocycles. The van der Waals surface area contributed by atoms with Gasteiger partial charge >= 0.3 is 5.92 Å². The lowest BCUT2D eigenvalue weighted by Gasteiger charge is -2.53. The molecule has 2 bridgehead atoms. The first-order chi connectivity index (χ1) is 5.96. The van der Waals surface area contributed by atoms with Crippen molar-refractivity contribution < 1.29 is 18.3 Å². The summed E-state index contributed by atoms with van der Waals surface area (Å²) in [5.41, 5.74) is 0. The Balaban J connectivity index is 2.04.